The molecule has 0 unspecified atom stereocenters. The molecule has 0 atom stereocenters. The summed E-state index contributed by atoms with van der Waals surface area (Å²) in [5.74, 6) is 0. The van der Waals surface area contributed by atoms with Crippen molar-refractivity contribution in [2.45, 2.75) is 6.54 Å². The molecular formula is C10H12N4O. The van der Waals surface area contributed by atoms with E-state index >= 15 is 0 Å². The van der Waals surface area contributed by atoms with E-state index in [1.165, 1.54) is 10.7 Å². The highest BCUT2D eigenvalue weighted by Crippen LogP contribution is 2.16. The van der Waals surface area contributed by atoms with Gasteiger partial charge in [-0.25, -0.2) is 4.68 Å². The molecule has 5 nitrogen and oxygen atoms in total. The molecule has 0 aliphatic carbocycles. The molecule has 2 aromatic heterocycles. The predicted octanol–water partition coefficient (Wildman–Crippen LogP) is 0.234. The van der Waals surface area contributed by atoms with E-state index in [0.717, 1.165) is 17.0 Å². The number of hydrogen-bond donors (Lipinski definition) is 2. The molecule has 0 spiro atoms. The third kappa shape index (κ3) is 1.69. The summed E-state index contributed by atoms with van der Waals surface area (Å²) in [6.07, 6.45) is 1.81. The smallest absolute Gasteiger partial charge is 0.266 e. The van der Waals surface area contributed by atoms with Crippen molar-refractivity contribution in [3.8, 4) is 11.4 Å². The fourth-order valence-electron chi connectivity index (χ4n) is 1.43. The first kappa shape index (κ1) is 9.67. The molecule has 0 aromatic carbocycles. The molecule has 2 aromatic rings. The first-order valence-corrected chi connectivity index (χ1v) is 4.63. The van der Waals surface area contributed by atoms with E-state index in [2.05, 4.69) is 10.1 Å². The van der Waals surface area contributed by atoms with Crippen LogP contribution in [0.2, 0.25) is 0 Å². The molecule has 0 radical (unpaired) electrons. The maximum atomic E-state index is 11.4. The molecule has 0 aliphatic rings. The summed E-state index contributed by atoms with van der Waals surface area (Å²) in [6.45, 7) is 0.303. The summed E-state index contributed by atoms with van der Waals surface area (Å²) in [5, 5.41) is 4.18. The molecule has 2 rings (SSSR count). The van der Waals surface area contributed by atoms with Gasteiger partial charge in [-0.1, -0.05) is 0 Å². The van der Waals surface area contributed by atoms with Gasteiger partial charge in [0.05, 0.1) is 5.69 Å². The molecule has 78 valence electrons. The van der Waals surface area contributed by atoms with Crippen LogP contribution in [0.3, 0.4) is 0 Å². The zero-order chi connectivity index (χ0) is 10.8. The minimum atomic E-state index is -0.147. The summed E-state index contributed by atoms with van der Waals surface area (Å²) >= 11 is 0. The Balaban J connectivity index is 2.65. The molecule has 0 saturated heterocycles. The monoisotopic (exact) mass is 204 g/mol. The van der Waals surface area contributed by atoms with Crippen molar-refractivity contribution in [1.29, 1.82) is 0 Å². The van der Waals surface area contributed by atoms with E-state index in [9.17, 15) is 4.79 Å². The Bertz CT molecular complexity index is 513. The Labute approximate surface area is 86.5 Å². The van der Waals surface area contributed by atoms with Crippen LogP contribution < -0.4 is 11.3 Å². The lowest BCUT2D eigenvalue weighted by Crippen LogP contribution is -2.21. The predicted molar refractivity (Wildman–Crippen MR) is 57.2 cm³/mol. The number of nitrogens with two attached hydrogens (primary N) is 1. The molecule has 0 bridgehead atoms. The van der Waals surface area contributed by atoms with Crippen molar-refractivity contribution >= 4 is 0 Å². The van der Waals surface area contributed by atoms with Gasteiger partial charge in [-0.3, -0.25) is 4.79 Å². The summed E-state index contributed by atoms with van der Waals surface area (Å²) in [6, 6.07) is 5.29. The minimum absolute atomic E-state index is 0.147. The van der Waals surface area contributed by atoms with Gasteiger partial charge in [-0.15, -0.1) is 0 Å². The zero-order valence-electron chi connectivity index (χ0n) is 8.40. The van der Waals surface area contributed by atoms with Crippen molar-refractivity contribution in [3.05, 3.63) is 40.3 Å². The lowest BCUT2D eigenvalue weighted by atomic mass is 10.1. The van der Waals surface area contributed by atoms with E-state index in [0.29, 0.717) is 6.54 Å². The second kappa shape index (κ2) is 3.70. The van der Waals surface area contributed by atoms with Gasteiger partial charge < -0.3 is 10.7 Å². The number of H-pyrrole nitrogens is 1. The van der Waals surface area contributed by atoms with Gasteiger partial charge in [0.15, 0.2) is 0 Å². The van der Waals surface area contributed by atoms with Gasteiger partial charge >= 0.3 is 0 Å². The average molecular weight is 204 g/mol. The number of aromatic amines is 1. The van der Waals surface area contributed by atoms with Crippen LogP contribution >= 0.6 is 0 Å². The first-order valence-electron chi connectivity index (χ1n) is 4.63. The van der Waals surface area contributed by atoms with Gasteiger partial charge in [0.25, 0.3) is 5.56 Å². The van der Waals surface area contributed by atoms with Crippen molar-refractivity contribution in [2.75, 3.05) is 0 Å². The summed E-state index contributed by atoms with van der Waals surface area (Å²) < 4.78 is 1.30. The molecule has 0 amide bonds. The van der Waals surface area contributed by atoms with Gasteiger partial charge in [0.1, 0.15) is 5.69 Å². The Morgan fingerprint density at radius 3 is 3.00 bits per heavy atom. The molecule has 0 fully saturated rings. The van der Waals surface area contributed by atoms with Crippen molar-refractivity contribution in [1.82, 2.24) is 14.8 Å². The average Bonchev–Trinajstić information content (AvgIpc) is 2.74. The highest BCUT2D eigenvalue weighted by Gasteiger charge is 2.08. The lowest BCUT2D eigenvalue weighted by Gasteiger charge is -2.06. The van der Waals surface area contributed by atoms with Crippen LogP contribution in [0.5, 0.6) is 0 Å². The third-order valence-electron chi connectivity index (χ3n) is 2.24. The maximum Gasteiger partial charge on any atom is 0.266 e. The topological polar surface area (TPSA) is 76.7 Å². The van der Waals surface area contributed by atoms with Crippen molar-refractivity contribution < 1.29 is 0 Å². The quantitative estimate of drug-likeness (QED) is 0.735. The van der Waals surface area contributed by atoms with E-state index < -0.39 is 0 Å². The van der Waals surface area contributed by atoms with E-state index in [1.54, 1.807) is 7.05 Å². The molecule has 0 aliphatic heterocycles. The standard InChI is InChI=1S/C10H12N4O/c1-14-9(15)5-7(6-11)10(13-14)8-3-2-4-12-8/h2-5,12H,6,11H2,1H3. The van der Waals surface area contributed by atoms with Gasteiger partial charge in [-0.2, -0.15) is 5.10 Å². The van der Waals surface area contributed by atoms with Gasteiger partial charge in [-0.05, 0) is 12.1 Å². The number of hydrogen-bond acceptors (Lipinski definition) is 3. The normalized spacial score (nSPS) is 10.5. The summed E-state index contributed by atoms with van der Waals surface area (Å²) in [7, 11) is 1.62. The van der Waals surface area contributed by atoms with E-state index in [-0.39, 0.29) is 5.56 Å². The lowest BCUT2D eigenvalue weighted by molar-refractivity contribution is 0.703. The Hall–Kier alpha value is -1.88. The molecular weight excluding hydrogens is 192 g/mol. The number of rotatable bonds is 2. The van der Waals surface area contributed by atoms with Crippen molar-refractivity contribution in [2.24, 2.45) is 12.8 Å². The first-order chi connectivity index (χ1) is 7.22. The third-order valence-corrected chi connectivity index (χ3v) is 2.24. The SMILES string of the molecule is Cn1nc(-c2ccc[nH]2)c(CN)cc1=O. The molecule has 15 heavy (non-hydrogen) atoms. The second-order valence-corrected chi connectivity index (χ2v) is 3.27. The fraction of sp³-hybridized carbons (Fsp3) is 0.200. The van der Waals surface area contributed by atoms with E-state index in [1.807, 2.05) is 18.3 Å². The molecule has 3 N–H and O–H groups in total. The second-order valence-electron chi connectivity index (χ2n) is 3.27. The molecule has 2 heterocycles. The van der Waals surface area contributed by atoms with Crippen LogP contribution in [0.15, 0.2) is 29.2 Å². The fourth-order valence-corrected chi connectivity index (χ4v) is 1.43. The summed E-state index contributed by atoms with van der Waals surface area (Å²) in [4.78, 5) is 14.4. The highest BCUT2D eigenvalue weighted by molar-refractivity contribution is 5.58. The maximum absolute atomic E-state index is 11.4. The van der Waals surface area contributed by atoms with Crippen LogP contribution in [0.1, 0.15) is 5.56 Å². The van der Waals surface area contributed by atoms with Gasteiger partial charge in [0.2, 0.25) is 0 Å². The number of aromatic nitrogens is 3. The zero-order valence-corrected chi connectivity index (χ0v) is 8.40. The highest BCUT2D eigenvalue weighted by atomic mass is 16.1. The summed E-state index contributed by atoms with van der Waals surface area (Å²) in [5.41, 5.74) is 7.77. The Kier molecular flexibility index (Phi) is 2.39. The number of nitrogens with one attached hydrogen (secondary N) is 1. The largest absolute Gasteiger partial charge is 0.360 e. The van der Waals surface area contributed by atoms with Crippen molar-refractivity contribution in [3.63, 3.8) is 0 Å². The molecule has 5 heteroatoms. The van der Waals surface area contributed by atoms with E-state index in [4.69, 9.17) is 5.73 Å². The van der Waals surface area contributed by atoms with Crippen LogP contribution in [0.25, 0.3) is 11.4 Å². The van der Waals surface area contributed by atoms with Gasteiger partial charge in [0, 0.05) is 31.4 Å². The molecule has 0 saturated carbocycles. The van der Waals surface area contributed by atoms with Crippen LogP contribution in [0.4, 0.5) is 0 Å². The minimum Gasteiger partial charge on any atom is -0.360 e. The number of aryl methyl sites for hydroxylation is 1. The van der Waals surface area contributed by atoms with Crippen LogP contribution in [0, 0.1) is 0 Å². The Morgan fingerprint density at radius 2 is 2.40 bits per heavy atom. The van der Waals surface area contributed by atoms with Crippen LogP contribution in [-0.2, 0) is 13.6 Å². The number of nitrogens with zero attached hydrogens (tertiary/aromatic N) is 2. The van der Waals surface area contributed by atoms with Crippen LogP contribution in [-0.4, -0.2) is 14.8 Å². The Morgan fingerprint density at radius 1 is 1.60 bits per heavy atom.